The van der Waals surface area contributed by atoms with Crippen LogP contribution in [0.4, 0.5) is 0 Å². The zero-order valence-corrected chi connectivity index (χ0v) is 29.2. The molecule has 0 N–H and O–H groups in total. The van der Waals surface area contributed by atoms with Gasteiger partial charge in [-0.15, -0.1) is 0 Å². The van der Waals surface area contributed by atoms with Crippen LogP contribution in [0.2, 0.25) is 0 Å². The molecule has 4 aromatic rings. The summed E-state index contributed by atoms with van der Waals surface area (Å²) >= 11 is 7.32. The molecule has 7 heteroatoms. The SMILES string of the molecule is Cc1ccc(C)c(C2=C(Sc3ccccc3)SI(S/C(Sc3ccccc3)=C(\S)c3cc(C)ccc3C)S2)c1. The zero-order valence-electron chi connectivity index (χ0n) is 22.1. The molecule has 0 saturated carbocycles. The fourth-order valence-corrected chi connectivity index (χ4v) is 33.6. The number of thiol groups is 1. The van der Waals surface area contributed by atoms with E-state index in [1.165, 1.54) is 56.6 Å². The summed E-state index contributed by atoms with van der Waals surface area (Å²) in [4.78, 5) is 5.09. The maximum atomic E-state index is 5.19. The summed E-state index contributed by atoms with van der Waals surface area (Å²) in [6.45, 7) is 8.78. The molecular formula is C32H29IS6. The minimum atomic E-state index is -1.64. The number of rotatable bonds is 8. The van der Waals surface area contributed by atoms with E-state index >= 15 is 0 Å². The van der Waals surface area contributed by atoms with E-state index in [-0.39, 0.29) is 0 Å². The van der Waals surface area contributed by atoms with Gasteiger partial charge in [-0.1, -0.05) is 0 Å². The molecule has 39 heavy (non-hydrogen) atoms. The summed E-state index contributed by atoms with van der Waals surface area (Å²) in [6, 6.07) is 35.0. The summed E-state index contributed by atoms with van der Waals surface area (Å²) in [5.41, 5.74) is 7.80. The van der Waals surface area contributed by atoms with Crippen molar-refractivity contribution in [2.24, 2.45) is 0 Å². The Kier molecular flexibility index (Phi) is 10.6. The van der Waals surface area contributed by atoms with Gasteiger partial charge in [-0.2, -0.15) is 0 Å². The van der Waals surface area contributed by atoms with Crippen molar-refractivity contribution >= 4 is 88.4 Å². The van der Waals surface area contributed by atoms with Crippen LogP contribution in [0.15, 0.2) is 115 Å². The Morgan fingerprint density at radius 3 is 2.00 bits per heavy atom. The Bertz CT molecular complexity index is 1530. The fourth-order valence-electron chi connectivity index (χ4n) is 3.88. The molecule has 0 unspecified atom stereocenters. The molecule has 200 valence electrons. The van der Waals surface area contributed by atoms with E-state index in [0.717, 1.165) is 4.91 Å². The standard InChI is InChI=1S/C32H29IS6/c1-21-15-17-23(3)27(19-21)29(34)31(35-25-11-7-5-8-12-25)38-33-37-30(28-20-22(2)16-18-24(28)4)32(39-33)36-26-13-9-6-10-14-26/h5-20,34H,1-4H3/b31-29-. The van der Waals surface area contributed by atoms with Crippen LogP contribution in [-0.4, -0.2) is 0 Å². The van der Waals surface area contributed by atoms with Gasteiger partial charge in [0.15, 0.2) is 0 Å². The van der Waals surface area contributed by atoms with E-state index < -0.39 is 15.7 Å². The maximum absolute atomic E-state index is 5.19. The van der Waals surface area contributed by atoms with Gasteiger partial charge in [-0.3, -0.25) is 0 Å². The van der Waals surface area contributed by atoms with Crippen LogP contribution in [-0.2, 0) is 0 Å². The van der Waals surface area contributed by atoms with Crippen molar-refractivity contribution in [3.8, 4) is 0 Å². The first-order valence-electron chi connectivity index (χ1n) is 12.4. The Morgan fingerprint density at radius 1 is 0.692 bits per heavy atom. The Balaban J connectivity index is 1.51. The van der Waals surface area contributed by atoms with Gasteiger partial charge in [0.25, 0.3) is 0 Å². The quantitative estimate of drug-likeness (QED) is 0.108. The fraction of sp³-hybridized carbons (Fsp3) is 0.125. The van der Waals surface area contributed by atoms with Gasteiger partial charge < -0.3 is 0 Å². The van der Waals surface area contributed by atoms with Crippen molar-refractivity contribution in [3.63, 3.8) is 0 Å². The molecule has 1 aliphatic heterocycles. The van der Waals surface area contributed by atoms with Crippen LogP contribution in [0.1, 0.15) is 33.4 Å². The average molecular weight is 733 g/mol. The van der Waals surface area contributed by atoms with Crippen LogP contribution in [0, 0.1) is 27.7 Å². The van der Waals surface area contributed by atoms with Gasteiger partial charge >= 0.3 is 265 Å². The molecule has 4 aromatic carbocycles. The molecule has 0 radical (unpaired) electrons. The third-order valence-electron chi connectivity index (χ3n) is 5.98. The summed E-state index contributed by atoms with van der Waals surface area (Å²) < 4.78 is 2.74. The van der Waals surface area contributed by atoms with Crippen LogP contribution >= 0.6 is 78.6 Å². The van der Waals surface area contributed by atoms with Crippen molar-refractivity contribution in [2.45, 2.75) is 37.5 Å². The van der Waals surface area contributed by atoms with Crippen molar-refractivity contribution in [3.05, 3.63) is 139 Å². The van der Waals surface area contributed by atoms with Gasteiger partial charge in [0, 0.05) is 0 Å². The molecule has 0 aromatic heterocycles. The van der Waals surface area contributed by atoms with Crippen LogP contribution in [0.25, 0.3) is 9.81 Å². The van der Waals surface area contributed by atoms with E-state index in [1.807, 2.05) is 23.5 Å². The first kappa shape index (κ1) is 29.7. The number of hydrogen-bond donors (Lipinski definition) is 1. The molecule has 0 fully saturated rings. The number of halogens is 1. The Morgan fingerprint density at radius 2 is 1.31 bits per heavy atom. The normalized spacial score (nSPS) is 15.1. The van der Waals surface area contributed by atoms with E-state index in [9.17, 15) is 0 Å². The molecule has 1 heterocycles. The third-order valence-corrected chi connectivity index (χ3v) is 28.0. The summed E-state index contributed by atoms with van der Waals surface area (Å²) in [7, 11) is 6.34. The van der Waals surface area contributed by atoms with Gasteiger partial charge in [0.2, 0.25) is 0 Å². The van der Waals surface area contributed by atoms with Gasteiger partial charge in [-0.05, 0) is 0 Å². The van der Waals surface area contributed by atoms with Gasteiger partial charge in [-0.25, -0.2) is 0 Å². The van der Waals surface area contributed by atoms with Crippen molar-refractivity contribution in [1.82, 2.24) is 0 Å². The van der Waals surface area contributed by atoms with E-state index in [0.29, 0.717) is 0 Å². The van der Waals surface area contributed by atoms with Crippen LogP contribution in [0.3, 0.4) is 0 Å². The summed E-state index contributed by atoms with van der Waals surface area (Å²) in [5, 5.41) is 0. The molecule has 0 spiro atoms. The van der Waals surface area contributed by atoms with Crippen LogP contribution < -0.4 is 0 Å². The van der Waals surface area contributed by atoms with Crippen molar-refractivity contribution < 1.29 is 0 Å². The van der Waals surface area contributed by atoms with E-state index in [2.05, 4.69) is 152 Å². The monoisotopic (exact) mass is 732 g/mol. The average Bonchev–Trinajstić information content (AvgIpc) is 3.33. The number of benzene rings is 4. The molecule has 0 atom stereocenters. The second kappa shape index (κ2) is 13.9. The molecule has 0 bridgehead atoms. The van der Waals surface area contributed by atoms with Crippen LogP contribution in [0.5, 0.6) is 0 Å². The topological polar surface area (TPSA) is 0 Å². The molecular weight excluding hydrogens is 704 g/mol. The minimum absolute atomic E-state index is 1.09. The summed E-state index contributed by atoms with van der Waals surface area (Å²) in [6.07, 6.45) is 0. The predicted octanol–water partition coefficient (Wildman–Crippen LogP) is 12.9. The number of aryl methyl sites for hydroxylation is 4. The molecule has 1 aliphatic rings. The van der Waals surface area contributed by atoms with E-state index in [4.69, 9.17) is 12.6 Å². The van der Waals surface area contributed by atoms with Crippen molar-refractivity contribution in [2.75, 3.05) is 0 Å². The number of thioether (sulfide) groups is 2. The zero-order chi connectivity index (χ0) is 27.4. The Labute approximate surface area is 262 Å². The second-order valence-corrected chi connectivity index (χ2v) is 29.1. The molecule has 0 nitrogen and oxygen atoms in total. The second-order valence-electron chi connectivity index (χ2n) is 9.14. The molecule has 0 aliphatic carbocycles. The predicted molar refractivity (Wildman–Crippen MR) is 196 cm³/mol. The van der Waals surface area contributed by atoms with Crippen molar-refractivity contribution in [1.29, 1.82) is 0 Å². The van der Waals surface area contributed by atoms with Gasteiger partial charge in [0.1, 0.15) is 0 Å². The summed E-state index contributed by atoms with van der Waals surface area (Å²) in [5.74, 6) is 0. The molecule has 0 saturated heterocycles. The van der Waals surface area contributed by atoms with E-state index in [1.54, 1.807) is 0 Å². The number of hydrogen-bond acceptors (Lipinski definition) is 6. The first-order valence-corrected chi connectivity index (χ1v) is 24.6. The first-order chi connectivity index (χ1) is 18.9. The molecule has 0 amide bonds. The Hall–Kier alpha value is -0.810. The molecule has 5 rings (SSSR count). The third kappa shape index (κ3) is 7.73. The van der Waals surface area contributed by atoms with Gasteiger partial charge in [0.05, 0.1) is 0 Å².